The molecule has 0 aliphatic heterocycles. The van der Waals surface area contributed by atoms with Gasteiger partial charge < -0.3 is 15.3 Å². The van der Waals surface area contributed by atoms with Crippen LogP contribution in [0.2, 0.25) is 0 Å². The monoisotopic (exact) mass is 392 g/mol. The maximum absolute atomic E-state index is 12.6. The highest BCUT2D eigenvalue weighted by atomic mass is 16.3. The predicted molar refractivity (Wildman–Crippen MR) is 112 cm³/mol. The zero-order valence-electron chi connectivity index (χ0n) is 17.6. The van der Waals surface area contributed by atoms with Crippen LogP contribution in [0.15, 0.2) is 0 Å². The van der Waals surface area contributed by atoms with E-state index in [1.807, 2.05) is 0 Å². The minimum Gasteiger partial charge on any atom is -0.507 e. The first-order chi connectivity index (χ1) is 13.4. The highest BCUT2D eigenvalue weighted by molar-refractivity contribution is 6.09. The summed E-state index contributed by atoms with van der Waals surface area (Å²) in [6.07, 6.45) is 10.0. The van der Waals surface area contributed by atoms with Crippen LogP contribution in [0.5, 0.6) is 17.2 Å². The van der Waals surface area contributed by atoms with Crippen LogP contribution in [0.25, 0.3) is 0 Å². The van der Waals surface area contributed by atoms with E-state index in [9.17, 15) is 24.9 Å². The molecule has 0 atom stereocenters. The lowest BCUT2D eigenvalue weighted by atomic mass is 9.92. The average Bonchev–Trinajstić information content (AvgIpc) is 2.66. The Bertz CT molecular complexity index is 610. The first kappa shape index (κ1) is 24.0. The lowest BCUT2D eigenvalue weighted by Gasteiger charge is -2.15. The summed E-state index contributed by atoms with van der Waals surface area (Å²) in [5.74, 6) is -2.25. The van der Waals surface area contributed by atoms with Gasteiger partial charge in [-0.25, -0.2) is 0 Å². The third-order valence-electron chi connectivity index (χ3n) is 5.23. The van der Waals surface area contributed by atoms with Gasteiger partial charge in [0.2, 0.25) is 0 Å². The van der Waals surface area contributed by atoms with Crippen molar-refractivity contribution in [2.75, 3.05) is 0 Å². The van der Waals surface area contributed by atoms with Crippen LogP contribution < -0.4 is 0 Å². The number of Topliss-reactive ketones (excluding diaryl/α,β-unsaturated/α-hetero) is 2. The number of benzene rings is 1. The van der Waals surface area contributed by atoms with E-state index in [0.717, 1.165) is 51.4 Å². The van der Waals surface area contributed by atoms with E-state index in [4.69, 9.17) is 0 Å². The zero-order valence-corrected chi connectivity index (χ0v) is 17.6. The number of ketones is 2. The molecule has 0 aliphatic carbocycles. The van der Waals surface area contributed by atoms with Crippen LogP contribution in [0.1, 0.15) is 117 Å². The second-order valence-electron chi connectivity index (χ2n) is 7.60. The Morgan fingerprint density at radius 1 is 0.607 bits per heavy atom. The SMILES string of the molecule is CCCCCCCC(=O)c1c(O)c(C)c(O)c(C(=O)CCCCCCC)c1O. The van der Waals surface area contributed by atoms with Gasteiger partial charge in [-0.3, -0.25) is 9.59 Å². The quantitative estimate of drug-likeness (QED) is 0.259. The molecule has 0 unspecified atom stereocenters. The molecule has 158 valence electrons. The van der Waals surface area contributed by atoms with Gasteiger partial charge in [0, 0.05) is 18.4 Å². The minimum atomic E-state index is -0.585. The molecule has 0 amide bonds. The van der Waals surface area contributed by atoms with Crippen molar-refractivity contribution in [1.29, 1.82) is 0 Å². The Labute approximate surface area is 168 Å². The van der Waals surface area contributed by atoms with E-state index in [1.54, 1.807) is 0 Å². The van der Waals surface area contributed by atoms with Gasteiger partial charge in [-0.15, -0.1) is 0 Å². The second kappa shape index (κ2) is 12.4. The smallest absolute Gasteiger partial charge is 0.170 e. The van der Waals surface area contributed by atoms with Crippen LogP contribution in [-0.2, 0) is 0 Å². The summed E-state index contributed by atoms with van der Waals surface area (Å²) < 4.78 is 0. The maximum atomic E-state index is 12.6. The Hall–Kier alpha value is -2.04. The topological polar surface area (TPSA) is 94.8 Å². The van der Waals surface area contributed by atoms with Gasteiger partial charge in [-0.05, 0) is 19.8 Å². The molecule has 0 spiro atoms. The van der Waals surface area contributed by atoms with Crippen LogP contribution >= 0.6 is 0 Å². The molecule has 1 aromatic carbocycles. The number of phenolic OH excluding ortho intramolecular Hbond substituents is 3. The number of carbonyl (C=O) groups is 2. The summed E-state index contributed by atoms with van der Waals surface area (Å²) in [4.78, 5) is 25.2. The highest BCUT2D eigenvalue weighted by Crippen LogP contribution is 2.43. The number of unbranched alkanes of at least 4 members (excludes halogenated alkanes) is 8. The van der Waals surface area contributed by atoms with Crippen LogP contribution in [-0.4, -0.2) is 26.9 Å². The van der Waals surface area contributed by atoms with E-state index >= 15 is 0 Å². The number of aromatic hydroxyl groups is 3. The number of rotatable bonds is 14. The van der Waals surface area contributed by atoms with E-state index in [-0.39, 0.29) is 29.5 Å². The summed E-state index contributed by atoms with van der Waals surface area (Å²) in [5, 5.41) is 31.1. The van der Waals surface area contributed by atoms with E-state index in [1.165, 1.54) is 6.92 Å². The maximum Gasteiger partial charge on any atom is 0.170 e. The Morgan fingerprint density at radius 3 is 1.32 bits per heavy atom. The van der Waals surface area contributed by atoms with Gasteiger partial charge in [0.15, 0.2) is 11.6 Å². The Morgan fingerprint density at radius 2 is 0.964 bits per heavy atom. The molecule has 28 heavy (non-hydrogen) atoms. The average molecular weight is 393 g/mol. The molecular weight excluding hydrogens is 356 g/mol. The molecule has 0 radical (unpaired) electrons. The number of hydrogen-bond donors (Lipinski definition) is 3. The van der Waals surface area contributed by atoms with Crippen molar-refractivity contribution in [2.45, 2.75) is 97.8 Å². The van der Waals surface area contributed by atoms with E-state index < -0.39 is 28.8 Å². The van der Waals surface area contributed by atoms with Crippen molar-refractivity contribution in [2.24, 2.45) is 0 Å². The van der Waals surface area contributed by atoms with E-state index in [0.29, 0.717) is 12.8 Å². The molecule has 3 N–H and O–H groups in total. The minimum absolute atomic E-state index is 0.0569. The van der Waals surface area contributed by atoms with Gasteiger partial charge >= 0.3 is 0 Å². The molecule has 0 saturated heterocycles. The fourth-order valence-electron chi connectivity index (χ4n) is 3.39. The van der Waals surface area contributed by atoms with Gasteiger partial charge in [-0.1, -0.05) is 65.2 Å². The molecule has 1 rings (SSSR count). The third-order valence-corrected chi connectivity index (χ3v) is 5.23. The van der Waals surface area contributed by atoms with Crippen molar-refractivity contribution in [3.8, 4) is 17.2 Å². The largest absolute Gasteiger partial charge is 0.507 e. The van der Waals surface area contributed by atoms with Crippen LogP contribution in [0, 0.1) is 6.92 Å². The standard InChI is InChI=1S/C23H36O5/c1-4-6-8-10-12-14-17(24)19-21(26)16(3)22(27)20(23(19)28)18(25)15-13-11-9-7-5-2/h26-28H,4-15H2,1-3H3. The molecule has 0 heterocycles. The van der Waals surface area contributed by atoms with E-state index in [2.05, 4.69) is 13.8 Å². The summed E-state index contributed by atoms with van der Waals surface area (Å²) in [5.41, 5.74) is -0.415. The predicted octanol–water partition coefficient (Wildman–Crippen LogP) is 6.20. The molecule has 0 fully saturated rings. The number of carbonyl (C=O) groups excluding carboxylic acids is 2. The molecular formula is C23H36O5. The summed E-state index contributed by atoms with van der Waals surface area (Å²) in [6, 6.07) is 0. The van der Waals surface area contributed by atoms with Gasteiger partial charge in [0.05, 0.1) is 0 Å². The van der Waals surface area contributed by atoms with Crippen molar-refractivity contribution in [3.63, 3.8) is 0 Å². The Kier molecular flexibility index (Phi) is 10.6. The molecule has 5 nitrogen and oxygen atoms in total. The summed E-state index contributed by atoms with van der Waals surface area (Å²) >= 11 is 0. The summed E-state index contributed by atoms with van der Waals surface area (Å²) in [6.45, 7) is 5.67. The van der Waals surface area contributed by atoms with Gasteiger partial charge in [0.1, 0.15) is 28.4 Å². The molecule has 0 aromatic heterocycles. The molecule has 0 aliphatic rings. The van der Waals surface area contributed by atoms with Crippen LogP contribution in [0.4, 0.5) is 0 Å². The first-order valence-corrected chi connectivity index (χ1v) is 10.7. The van der Waals surface area contributed by atoms with Crippen molar-refractivity contribution >= 4 is 11.6 Å². The fraction of sp³-hybridized carbons (Fsp3) is 0.652. The molecule has 0 bridgehead atoms. The van der Waals surface area contributed by atoms with Crippen molar-refractivity contribution < 1.29 is 24.9 Å². The number of hydrogen-bond acceptors (Lipinski definition) is 5. The fourth-order valence-corrected chi connectivity index (χ4v) is 3.39. The normalized spacial score (nSPS) is 11.0. The first-order valence-electron chi connectivity index (χ1n) is 10.7. The summed E-state index contributed by atoms with van der Waals surface area (Å²) in [7, 11) is 0. The molecule has 0 saturated carbocycles. The third kappa shape index (κ3) is 6.54. The molecule has 5 heteroatoms. The van der Waals surface area contributed by atoms with Gasteiger partial charge in [-0.2, -0.15) is 0 Å². The van der Waals surface area contributed by atoms with Crippen molar-refractivity contribution in [1.82, 2.24) is 0 Å². The van der Waals surface area contributed by atoms with Gasteiger partial charge in [0.25, 0.3) is 0 Å². The Balaban J connectivity index is 2.94. The molecule has 1 aromatic rings. The lowest BCUT2D eigenvalue weighted by Crippen LogP contribution is -2.08. The highest BCUT2D eigenvalue weighted by Gasteiger charge is 2.28. The lowest BCUT2D eigenvalue weighted by molar-refractivity contribution is 0.0971. The zero-order chi connectivity index (χ0) is 21.1. The van der Waals surface area contributed by atoms with Crippen molar-refractivity contribution in [3.05, 3.63) is 16.7 Å². The van der Waals surface area contributed by atoms with Crippen LogP contribution in [0.3, 0.4) is 0 Å². The number of phenols is 3. The second-order valence-corrected chi connectivity index (χ2v) is 7.60.